The van der Waals surface area contributed by atoms with Crippen molar-refractivity contribution in [2.75, 3.05) is 0 Å². The van der Waals surface area contributed by atoms with Crippen LogP contribution in [0.4, 0.5) is 0 Å². The van der Waals surface area contributed by atoms with E-state index in [2.05, 4.69) is 16.7 Å². The van der Waals surface area contributed by atoms with Gasteiger partial charge in [0.15, 0.2) is 0 Å². The lowest BCUT2D eigenvalue weighted by atomic mass is 10.2. The third-order valence-corrected chi connectivity index (χ3v) is 2.03. The molecule has 0 spiro atoms. The number of rotatable bonds is 0. The van der Waals surface area contributed by atoms with E-state index in [0.29, 0.717) is 15.6 Å². The highest BCUT2D eigenvalue weighted by molar-refractivity contribution is 6.35. The molecule has 88 valence electrons. The van der Waals surface area contributed by atoms with Crippen molar-refractivity contribution in [3.05, 3.63) is 33.8 Å². The third kappa shape index (κ3) is 4.64. The summed E-state index contributed by atoms with van der Waals surface area (Å²) in [4.78, 5) is 15.3. The standard InChI is InChI=1S/C10H7Cl2N3O2/c11-7-3-1-6(8(12)5-7)2-4-9(16)17-15-10(13)14/h1,3,5H,(H4,13,14,15). The molecule has 5 nitrogen and oxygen atoms in total. The van der Waals surface area contributed by atoms with Gasteiger partial charge in [-0.3, -0.25) is 5.41 Å². The molecule has 0 amide bonds. The molecule has 0 unspecified atom stereocenters. The molecule has 1 aromatic carbocycles. The topological polar surface area (TPSA) is 88.2 Å². The van der Waals surface area contributed by atoms with Crippen molar-refractivity contribution in [1.29, 1.82) is 5.41 Å². The fourth-order valence-electron chi connectivity index (χ4n) is 0.836. The molecule has 0 aliphatic heterocycles. The minimum Gasteiger partial charge on any atom is -0.368 e. The molecule has 4 N–H and O–H groups in total. The van der Waals surface area contributed by atoms with Gasteiger partial charge in [0.25, 0.3) is 0 Å². The summed E-state index contributed by atoms with van der Waals surface area (Å²) in [6, 6.07) is 4.67. The summed E-state index contributed by atoms with van der Waals surface area (Å²) in [5, 5.41) is 7.55. The molecular formula is C10H7Cl2N3O2. The Morgan fingerprint density at radius 1 is 1.47 bits per heavy atom. The largest absolute Gasteiger partial charge is 0.408 e. The summed E-state index contributed by atoms with van der Waals surface area (Å²) >= 11 is 11.5. The van der Waals surface area contributed by atoms with Gasteiger partial charge >= 0.3 is 5.97 Å². The molecule has 0 atom stereocenters. The summed E-state index contributed by atoms with van der Waals surface area (Å²) in [6.45, 7) is 0. The van der Waals surface area contributed by atoms with E-state index in [-0.39, 0.29) is 0 Å². The molecule has 1 rings (SSSR count). The van der Waals surface area contributed by atoms with E-state index in [1.165, 1.54) is 6.07 Å². The summed E-state index contributed by atoms with van der Waals surface area (Å²) in [5.74, 6) is 3.28. The molecule has 0 bridgehead atoms. The number of nitrogens with two attached hydrogens (primary N) is 1. The van der Waals surface area contributed by atoms with E-state index < -0.39 is 11.9 Å². The maximum absolute atomic E-state index is 11.0. The van der Waals surface area contributed by atoms with Crippen molar-refractivity contribution in [2.45, 2.75) is 0 Å². The molecule has 1 aromatic rings. The molecule has 0 aliphatic rings. The Morgan fingerprint density at radius 3 is 2.76 bits per heavy atom. The zero-order valence-electron chi connectivity index (χ0n) is 8.38. The molecule has 0 fully saturated rings. The number of carbonyl (C=O) groups excluding carboxylic acids is 1. The van der Waals surface area contributed by atoms with Gasteiger partial charge in [0, 0.05) is 16.5 Å². The summed E-state index contributed by atoms with van der Waals surface area (Å²) in [7, 11) is 0. The monoisotopic (exact) mass is 271 g/mol. The molecule has 0 aliphatic carbocycles. The molecule has 0 heterocycles. The Balaban J connectivity index is 2.71. The number of halogens is 2. The fourth-order valence-corrected chi connectivity index (χ4v) is 1.29. The number of hydrogen-bond donors (Lipinski definition) is 3. The summed E-state index contributed by atoms with van der Waals surface area (Å²) in [6.07, 6.45) is 0. The minimum atomic E-state index is -0.883. The first-order valence-corrected chi connectivity index (χ1v) is 5.02. The lowest BCUT2D eigenvalue weighted by Gasteiger charge is -1.99. The maximum atomic E-state index is 11.0. The molecule has 0 aromatic heterocycles. The van der Waals surface area contributed by atoms with Crippen molar-refractivity contribution >= 4 is 35.1 Å². The van der Waals surface area contributed by atoms with Crippen molar-refractivity contribution in [2.24, 2.45) is 5.73 Å². The van der Waals surface area contributed by atoms with E-state index in [9.17, 15) is 4.79 Å². The van der Waals surface area contributed by atoms with Gasteiger partial charge < -0.3 is 10.6 Å². The smallest absolute Gasteiger partial charge is 0.368 e. The van der Waals surface area contributed by atoms with Crippen LogP contribution in [0.5, 0.6) is 0 Å². The first-order valence-electron chi connectivity index (χ1n) is 4.27. The molecule has 0 radical (unpaired) electrons. The predicted octanol–water partition coefficient (Wildman–Crippen LogP) is 1.29. The van der Waals surface area contributed by atoms with Crippen LogP contribution in [-0.4, -0.2) is 11.9 Å². The quantitative estimate of drug-likeness (QED) is 0.287. The zero-order chi connectivity index (χ0) is 12.8. The highest BCUT2D eigenvalue weighted by atomic mass is 35.5. The number of hydroxylamine groups is 1. The van der Waals surface area contributed by atoms with E-state index in [1.807, 2.05) is 5.48 Å². The molecular weight excluding hydrogens is 265 g/mol. The second kappa shape index (κ2) is 5.99. The van der Waals surface area contributed by atoms with Crippen LogP contribution >= 0.6 is 23.2 Å². The van der Waals surface area contributed by atoms with Crippen LogP contribution in [0.3, 0.4) is 0 Å². The Labute approximate surface area is 107 Å². The lowest BCUT2D eigenvalue weighted by Crippen LogP contribution is -2.32. The van der Waals surface area contributed by atoms with Gasteiger partial charge in [-0.05, 0) is 18.2 Å². The first kappa shape index (κ1) is 13.2. The fraction of sp³-hybridized carbons (Fsp3) is 0. The van der Waals surface area contributed by atoms with Crippen molar-refractivity contribution in [1.82, 2.24) is 5.48 Å². The van der Waals surface area contributed by atoms with E-state index >= 15 is 0 Å². The van der Waals surface area contributed by atoms with E-state index in [4.69, 9.17) is 34.3 Å². The molecule has 0 saturated carbocycles. The molecule has 0 saturated heterocycles. The van der Waals surface area contributed by atoms with Crippen molar-refractivity contribution in [3.63, 3.8) is 0 Å². The average molecular weight is 272 g/mol. The highest BCUT2D eigenvalue weighted by Gasteiger charge is 2.00. The van der Waals surface area contributed by atoms with Gasteiger partial charge in [0.1, 0.15) is 0 Å². The second-order valence-corrected chi connectivity index (χ2v) is 3.62. The Morgan fingerprint density at radius 2 is 2.18 bits per heavy atom. The van der Waals surface area contributed by atoms with Gasteiger partial charge in [0.05, 0.1) is 5.02 Å². The van der Waals surface area contributed by atoms with Gasteiger partial charge in [-0.1, -0.05) is 29.1 Å². The number of hydrogen-bond acceptors (Lipinski definition) is 3. The van der Waals surface area contributed by atoms with Crippen LogP contribution in [-0.2, 0) is 9.63 Å². The maximum Gasteiger partial charge on any atom is 0.408 e. The van der Waals surface area contributed by atoms with Crippen LogP contribution in [0.25, 0.3) is 0 Å². The second-order valence-electron chi connectivity index (χ2n) is 2.78. The van der Waals surface area contributed by atoms with Crippen LogP contribution < -0.4 is 11.2 Å². The van der Waals surface area contributed by atoms with Crippen LogP contribution in [0, 0.1) is 17.3 Å². The van der Waals surface area contributed by atoms with E-state index in [1.54, 1.807) is 12.1 Å². The summed E-state index contributed by atoms with van der Waals surface area (Å²) in [5.41, 5.74) is 7.20. The van der Waals surface area contributed by atoms with Gasteiger partial charge in [-0.25, -0.2) is 4.79 Å². The molecule has 17 heavy (non-hydrogen) atoms. The van der Waals surface area contributed by atoms with Crippen LogP contribution in [0.2, 0.25) is 10.0 Å². The third-order valence-electron chi connectivity index (χ3n) is 1.48. The summed E-state index contributed by atoms with van der Waals surface area (Å²) < 4.78 is 0. The van der Waals surface area contributed by atoms with Gasteiger partial charge in [-0.15, -0.1) is 0 Å². The van der Waals surface area contributed by atoms with Crippen molar-refractivity contribution in [3.8, 4) is 11.8 Å². The predicted molar refractivity (Wildman–Crippen MR) is 64.5 cm³/mol. The normalized spacial score (nSPS) is 8.82. The Kier molecular flexibility index (Phi) is 4.64. The average Bonchev–Trinajstić information content (AvgIpc) is 2.25. The van der Waals surface area contributed by atoms with Crippen LogP contribution in [0.15, 0.2) is 18.2 Å². The number of guanidine groups is 1. The highest BCUT2D eigenvalue weighted by Crippen LogP contribution is 2.19. The van der Waals surface area contributed by atoms with Gasteiger partial charge in [-0.2, -0.15) is 5.48 Å². The Hall–Kier alpha value is -1.90. The van der Waals surface area contributed by atoms with Crippen molar-refractivity contribution < 1.29 is 9.63 Å². The van der Waals surface area contributed by atoms with Gasteiger partial charge in [0.2, 0.25) is 5.96 Å². The number of benzene rings is 1. The first-order chi connectivity index (χ1) is 7.99. The van der Waals surface area contributed by atoms with E-state index in [0.717, 1.165) is 0 Å². The van der Waals surface area contributed by atoms with Crippen LogP contribution in [0.1, 0.15) is 5.56 Å². The minimum absolute atomic E-state index is 0.331. The lowest BCUT2D eigenvalue weighted by molar-refractivity contribution is -0.140. The Bertz CT molecular complexity index is 520. The SMILES string of the molecule is N=C(N)NOC(=O)C#Cc1ccc(Cl)cc1Cl. The zero-order valence-corrected chi connectivity index (χ0v) is 9.89. The number of carbonyl (C=O) groups is 1. The number of nitrogens with one attached hydrogen (secondary N) is 2. The molecule has 7 heteroatoms.